The van der Waals surface area contributed by atoms with Crippen LogP contribution in [0.4, 0.5) is 11.4 Å². The zero-order valence-corrected chi connectivity index (χ0v) is 17.0. The Labute approximate surface area is 166 Å². The zero-order chi connectivity index (χ0) is 20.5. The number of allylic oxidation sites excluding steroid dienone is 1. The Morgan fingerprint density at radius 3 is 2.57 bits per heavy atom. The maximum atomic E-state index is 12.6. The number of hydrogen-bond acceptors (Lipinski definition) is 3. The van der Waals surface area contributed by atoms with E-state index in [1.54, 1.807) is 6.08 Å². The highest BCUT2D eigenvalue weighted by Crippen LogP contribution is 2.38. The fourth-order valence-corrected chi connectivity index (χ4v) is 3.48. The average Bonchev–Trinajstić information content (AvgIpc) is 2.65. The number of benzene rings is 2. The molecule has 4 heteroatoms. The van der Waals surface area contributed by atoms with Crippen molar-refractivity contribution in [2.45, 2.75) is 33.2 Å². The minimum Gasteiger partial charge on any atom is -0.366 e. The molecule has 142 valence electrons. The van der Waals surface area contributed by atoms with Gasteiger partial charge in [-0.05, 0) is 68.7 Å². The van der Waals surface area contributed by atoms with Gasteiger partial charge in [-0.3, -0.25) is 4.79 Å². The summed E-state index contributed by atoms with van der Waals surface area (Å²) in [5, 5.41) is 12.3. The molecule has 0 aromatic heterocycles. The van der Waals surface area contributed by atoms with Gasteiger partial charge in [0.2, 0.25) is 0 Å². The molecule has 0 saturated heterocycles. The summed E-state index contributed by atoms with van der Waals surface area (Å²) in [7, 11) is 2.08. The largest absolute Gasteiger partial charge is 0.366 e. The molecule has 3 rings (SSSR count). The number of carbonyl (C=O) groups excluding carboxylic acids is 1. The summed E-state index contributed by atoms with van der Waals surface area (Å²) in [5.74, 6) is -0.403. The van der Waals surface area contributed by atoms with E-state index >= 15 is 0 Å². The Morgan fingerprint density at radius 1 is 1.18 bits per heavy atom. The van der Waals surface area contributed by atoms with Gasteiger partial charge >= 0.3 is 0 Å². The Kier molecular flexibility index (Phi) is 5.11. The van der Waals surface area contributed by atoms with E-state index in [-0.39, 0.29) is 11.1 Å². The molecule has 2 aromatic carbocycles. The average molecular weight is 371 g/mol. The van der Waals surface area contributed by atoms with Crippen molar-refractivity contribution in [3.05, 3.63) is 70.8 Å². The number of anilines is 2. The molecule has 1 amide bonds. The van der Waals surface area contributed by atoms with E-state index in [2.05, 4.69) is 44.1 Å². The Bertz CT molecular complexity index is 1040. The second-order valence-electron chi connectivity index (χ2n) is 7.76. The molecule has 1 N–H and O–H groups in total. The van der Waals surface area contributed by atoms with E-state index in [1.165, 1.54) is 5.57 Å². The van der Waals surface area contributed by atoms with Crippen LogP contribution < -0.4 is 10.2 Å². The topological polar surface area (TPSA) is 56.1 Å². The van der Waals surface area contributed by atoms with Crippen LogP contribution in [0, 0.1) is 18.3 Å². The van der Waals surface area contributed by atoms with Gasteiger partial charge < -0.3 is 10.2 Å². The SMILES string of the molecule is CC1=CC(C)(C)N(C)c2ccc(/C=C(/C#N)C(=O)Nc3ccccc3C)cc21. The second-order valence-corrected chi connectivity index (χ2v) is 7.76. The van der Waals surface area contributed by atoms with Crippen LogP contribution in [0.1, 0.15) is 37.5 Å². The summed E-state index contributed by atoms with van der Waals surface area (Å²) in [5.41, 5.74) is 5.97. The lowest BCUT2D eigenvalue weighted by Gasteiger charge is -2.40. The number of likely N-dealkylation sites (N-methyl/N-ethyl adjacent to an activating group) is 1. The normalized spacial score (nSPS) is 15.4. The molecular formula is C24H25N3O. The third kappa shape index (κ3) is 3.70. The van der Waals surface area contributed by atoms with Crippen molar-refractivity contribution in [3.63, 3.8) is 0 Å². The first-order valence-electron chi connectivity index (χ1n) is 9.29. The Morgan fingerprint density at radius 2 is 1.89 bits per heavy atom. The quantitative estimate of drug-likeness (QED) is 0.598. The third-order valence-corrected chi connectivity index (χ3v) is 5.31. The lowest BCUT2D eigenvalue weighted by atomic mass is 9.88. The number of amides is 1. The highest BCUT2D eigenvalue weighted by atomic mass is 16.1. The molecule has 1 aliphatic rings. The highest BCUT2D eigenvalue weighted by Gasteiger charge is 2.28. The van der Waals surface area contributed by atoms with E-state index in [4.69, 9.17) is 0 Å². The number of fused-ring (bicyclic) bond motifs is 1. The van der Waals surface area contributed by atoms with E-state index in [9.17, 15) is 10.1 Å². The Balaban J connectivity index is 1.92. The van der Waals surface area contributed by atoms with Crippen LogP contribution in [0.5, 0.6) is 0 Å². The van der Waals surface area contributed by atoms with Crippen LogP contribution in [0.15, 0.2) is 54.1 Å². The first kappa shape index (κ1) is 19.4. The van der Waals surface area contributed by atoms with Gasteiger partial charge in [-0.1, -0.05) is 30.3 Å². The van der Waals surface area contributed by atoms with Crippen molar-refractivity contribution in [2.24, 2.45) is 0 Å². The van der Waals surface area contributed by atoms with Crippen molar-refractivity contribution in [2.75, 3.05) is 17.3 Å². The van der Waals surface area contributed by atoms with Crippen LogP contribution in [0.2, 0.25) is 0 Å². The molecule has 0 aliphatic carbocycles. The standard InChI is InChI=1S/C24H25N3O/c1-16-8-6-7-9-21(16)26-23(28)19(15-25)12-18-10-11-22-20(13-18)17(2)14-24(3,4)27(22)5/h6-14H,1-5H3,(H,26,28)/b19-12-. The predicted octanol–water partition coefficient (Wildman–Crippen LogP) is 5.17. The first-order valence-corrected chi connectivity index (χ1v) is 9.29. The predicted molar refractivity (Wildman–Crippen MR) is 116 cm³/mol. The minimum absolute atomic E-state index is 0.0559. The molecule has 0 spiro atoms. The van der Waals surface area contributed by atoms with Gasteiger partial charge in [-0.25, -0.2) is 0 Å². The number of nitrogens with one attached hydrogen (secondary N) is 1. The molecule has 2 aromatic rings. The number of rotatable bonds is 3. The molecule has 0 atom stereocenters. The molecule has 0 bridgehead atoms. The molecule has 28 heavy (non-hydrogen) atoms. The molecular weight excluding hydrogens is 346 g/mol. The number of nitriles is 1. The van der Waals surface area contributed by atoms with Crippen LogP contribution >= 0.6 is 0 Å². The summed E-state index contributed by atoms with van der Waals surface area (Å²) in [6.45, 7) is 8.37. The third-order valence-electron chi connectivity index (χ3n) is 5.31. The minimum atomic E-state index is -0.403. The van der Waals surface area contributed by atoms with E-state index < -0.39 is 5.91 Å². The van der Waals surface area contributed by atoms with Crippen LogP contribution in [0.3, 0.4) is 0 Å². The van der Waals surface area contributed by atoms with Gasteiger partial charge in [-0.2, -0.15) is 5.26 Å². The molecule has 1 aliphatic heterocycles. The smallest absolute Gasteiger partial charge is 0.266 e. The summed E-state index contributed by atoms with van der Waals surface area (Å²) in [6, 6.07) is 15.6. The molecule has 4 nitrogen and oxygen atoms in total. The fraction of sp³-hybridized carbons (Fsp3) is 0.250. The lowest BCUT2D eigenvalue weighted by Crippen LogP contribution is -2.42. The van der Waals surface area contributed by atoms with Crippen LogP contribution in [0.25, 0.3) is 11.6 Å². The van der Waals surface area contributed by atoms with Gasteiger partial charge in [0.1, 0.15) is 11.6 Å². The highest BCUT2D eigenvalue weighted by molar-refractivity contribution is 6.10. The van der Waals surface area contributed by atoms with E-state index in [1.807, 2.05) is 55.5 Å². The lowest BCUT2D eigenvalue weighted by molar-refractivity contribution is -0.112. The molecule has 0 saturated carbocycles. The second kappa shape index (κ2) is 7.36. The van der Waals surface area contributed by atoms with E-state index in [0.29, 0.717) is 5.69 Å². The summed E-state index contributed by atoms with van der Waals surface area (Å²) in [6.07, 6.45) is 3.87. The first-order chi connectivity index (χ1) is 13.2. The van der Waals surface area contributed by atoms with Gasteiger partial charge in [-0.15, -0.1) is 0 Å². The number of aryl methyl sites for hydroxylation is 1. The molecule has 0 fully saturated rings. The van der Waals surface area contributed by atoms with E-state index in [0.717, 1.165) is 22.4 Å². The van der Waals surface area contributed by atoms with Crippen molar-refractivity contribution in [3.8, 4) is 6.07 Å². The monoisotopic (exact) mass is 371 g/mol. The number of nitrogens with zero attached hydrogens (tertiary/aromatic N) is 2. The van der Waals surface area contributed by atoms with Crippen molar-refractivity contribution in [1.29, 1.82) is 5.26 Å². The van der Waals surface area contributed by atoms with Gasteiger partial charge in [0.25, 0.3) is 5.91 Å². The van der Waals surface area contributed by atoms with Crippen molar-refractivity contribution >= 4 is 28.9 Å². The molecule has 1 heterocycles. The number of carbonyl (C=O) groups is 1. The van der Waals surface area contributed by atoms with Crippen LogP contribution in [-0.4, -0.2) is 18.5 Å². The fourth-order valence-electron chi connectivity index (χ4n) is 3.48. The van der Waals surface area contributed by atoms with Gasteiger partial charge in [0.15, 0.2) is 0 Å². The molecule has 0 radical (unpaired) electrons. The van der Waals surface area contributed by atoms with Gasteiger partial charge in [0, 0.05) is 24.0 Å². The maximum Gasteiger partial charge on any atom is 0.266 e. The van der Waals surface area contributed by atoms with Crippen molar-refractivity contribution in [1.82, 2.24) is 0 Å². The summed E-state index contributed by atoms with van der Waals surface area (Å²) < 4.78 is 0. The van der Waals surface area contributed by atoms with Gasteiger partial charge in [0.05, 0.1) is 5.54 Å². The zero-order valence-electron chi connectivity index (χ0n) is 17.0. The maximum absolute atomic E-state index is 12.6. The summed E-state index contributed by atoms with van der Waals surface area (Å²) in [4.78, 5) is 14.8. The summed E-state index contributed by atoms with van der Waals surface area (Å²) >= 11 is 0. The number of para-hydroxylation sites is 1. The number of hydrogen-bond donors (Lipinski definition) is 1. The van der Waals surface area contributed by atoms with Crippen LogP contribution in [-0.2, 0) is 4.79 Å². The Hall–Kier alpha value is -3.32. The molecule has 0 unspecified atom stereocenters. The van der Waals surface area contributed by atoms with Crippen molar-refractivity contribution < 1.29 is 4.79 Å².